The van der Waals surface area contributed by atoms with E-state index in [0.717, 1.165) is 21.0 Å². The van der Waals surface area contributed by atoms with E-state index < -0.39 is 22.0 Å². The van der Waals surface area contributed by atoms with E-state index in [0.29, 0.717) is 17.2 Å². The smallest absolute Gasteiger partial charge is 0.264 e. The molecule has 8 heteroatoms. The SMILES string of the molecule is COc1ccc(OC)c(C(C)NC(=O)CN(c2cc(C)ccc2C)S(=O)(=O)c2ccccc2)c1. The standard InChI is InChI=1S/C26H30N2O5S/c1-18-11-12-19(2)24(15-18)28(34(30,31)22-9-7-6-8-10-22)17-26(29)27-20(3)23-16-21(32-4)13-14-25(23)33-5/h6-16,20H,17H2,1-5H3,(H,27,29). The van der Waals surface area contributed by atoms with Crippen LogP contribution < -0.4 is 19.1 Å². The van der Waals surface area contributed by atoms with Gasteiger partial charge in [-0.05, 0) is 68.3 Å². The van der Waals surface area contributed by atoms with Gasteiger partial charge in [0.15, 0.2) is 0 Å². The number of sulfonamides is 1. The third-order valence-corrected chi connectivity index (χ3v) is 7.31. The van der Waals surface area contributed by atoms with E-state index in [2.05, 4.69) is 5.32 Å². The zero-order valence-corrected chi connectivity index (χ0v) is 20.8. The van der Waals surface area contributed by atoms with Crippen molar-refractivity contribution >= 4 is 21.6 Å². The summed E-state index contributed by atoms with van der Waals surface area (Å²) >= 11 is 0. The predicted molar refractivity (Wildman–Crippen MR) is 133 cm³/mol. The summed E-state index contributed by atoms with van der Waals surface area (Å²) in [5, 5.41) is 2.90. The summed E-state index contributed by atoms with van der Waals surface area (Å²) in [5.41, 5.74) is 2.83. The summed E-state index contributed by atoms with van der Waals surface area (Å²) < 4.78 is 39.0. The molecule has 0 radical (unpaired) electrons. The Kier molecular flexibility index (Phi) is 7.83. The molecule has 0 heterocycles. The van der Waals surface area contributed by atoms with Crippen molar-refractivity contribution in [3.63, 3.8) is 0 Å². The molecule has 0 saturated carbocycles. The van der Waals surface area contributed by atoms with Gasteiger partial charge in [0.05, 0.1) is 30.8 Å². The fourth-order valence-corrected chi connectivity index (χ4v) is 5.18. The fraction of sp³-hybridized carbons (Fsp3) is 0.269. The van der Waals surface area contributed by atoms with E-state index in [9.17, 15) is 13.2 Å². The van der Waals surface area contributed by atoms with Gasteiger partial charge in [-0.25, -0.2) is 8.42 Å². The van der Waals surface area contributed by atoms with Crippen molar-refractivity contribution in [2.75, 3.05) is 25.1 Å². The third-order valence-electron chi connectivity index (χ3n) is 5.53. The molecule has 7 nitrogen and oxygen atoms in total. The molecule has 0 bridgehead atoms. The lowest BCUT2D eigenvalue weighted by atomic mass is 10.1. The van der Waals surface area contributed by atoms with Gasteiger partial charge in [0.25, 0.3) is 10.0 Å². The third kappa shape index (κ3) is 5.51. The lowest BCUT2D eigenvalue weighted by Crippen LogP contribution is -2.42. The van der Waals surface area contributed by atoms with Gasteiger partial charge in [0.2, 0.25) is 5.91 Å². The van der Waals surface area contributed by atoms with Gasteiger partial charge in [0, 0.05) is 5.56 Å². The van der Waals surface area contributed by atoms with E-state index in [4.69, 9.17) is 9.47 Å². The Hall–Kier alpha value is -3.52. The Bertz CT molecular complexity index is 1260. The molecule has 1 amide bonds. The zero-order valence-electron chi connectivity index (χ0n) is 20.0. The number of ether oxygens (including phenoxy) is 2. The maximum absolute atomic E-state index is 13.6. The highest BCUT2D eigenvalue weighted by molar-refractivity contribution is 7.92. The molecule has 0 aliphatic rings. The van der Waals surface area contributed by atoms with Crippen molar-refractivity contribution in [3.8, 4) is 11.5 Å². The normalized spacial score (nSPS) is 12.0. The lowest BCUT2D eigenvalue weighted by molar-refractivity contribution is -0.120. The van der Waals surface area contributed by atoms with E-state index in [1.807, 2.05) is 32.9 Å². The number of carbonyl (C=O) groups excluding carboxylic acids is 1. The molecule has 0 aromatic heterocycles. The number of nitrogens with one attached hydrogen (secondary N) is 1. The van der Waals surface area contributed by atoms with E-state index in [1.54, 1.807) is 56.7 Å². The second kappa shape index (κ2) is 10.6. The Balaban J connectivity index is 1.94. The van der Waals surface area contributed by atoms with Gasteiger partial charge in [-0.1, -0.05) is 30.3 Å². The molecular formula is C26H30N2O5S. The van der Waals surface area contributed by atoms with Crippen LogP contribution in [-0.4, -0.2) is 35.1 Å². The quantitative estimate of drug-likeness (QED) is 0.489. The molecule has 1 unspecified atom stereocenters. The largest absolute Gasteiger partial charge is 0.497 e. The first-order valence-corrected chi connectivity index (χ1v) is 12.3. The summed E-state index contributed by atoms with van der Waals surface area (Å²) in [6.45, 7) is 5.14. The lowest BCUT2D eigenvalue weighted by Gasteiger charge is -2.27. The number of carbonyl (C=O) groups is 1. The Morgan fingerprint density at radius 2 is 1.68 bits per heavy atom. The van der Waals surface area contributed by atoms with E-state index in [-0.39, 0.29) is 11.4 Å². The number of amides is 1. The van der Waals surface area contributed by atoms with Crippen molar-refractivity contribution in [1.82, 2.24) is 5.32 Å². The zero-order chi connectivity index (χ0) is 24.9. The summed E-state index contributed by atoms with van der Waals surface area (Å²) in [5.74, 6) is 0.773. The van der Waals surface area contributed by atoms with Crippen LogP contribution >= 0.6 is 0 Å². The molecule has 3 aromatic rings. The number of hydrogen-bond donors (Lipinski definition) is 1. The topological polar surface area (TPSA) is 84.9 Å². The first-order valence-electron chi connectivity index (χ1n) is 10.8. The van der Waals surface area contributed by atoms with Gasteiger partial charge in [-0.15, -0.1) is 0 Å². The molecule has 0 aliphatic carbocycles. The molecule has 0 spiro atoms. The number of rotatable bonds is 9. The molecule has 0 saturated heterocycles. The van der Waals surface area contributed by atoms with Crippen LogP contribution in [0.2, 0.25) is 0 Å². The molecule has 3 rings (SSSR count). The molecule has 180 valence electrons. The van der Waals surface area contributed by atoms with Gasteiger partial charge in [-0.3, -0.25) is 9.10 Å². The van der Waals surface area contributed by atoms with Crippen LogP contribution in [0.25, 0.3) is 0 Å². The van der Waals surface area contributed by atoms with Crippen molar-refractivity contribution in [2.24, 2.45) is 0 Å². The van der Waals surface area contributed by atoms with Gasteiger partial charge in [-0.2, -0.15) is 0 Å². The maximum Gasteiger partial charge on any atom is 0.264 e. The summed E-state index contributed by atoms with van der Waals surface area (Å²) in [6, 6.07) is 18.5. The van der Waals surface area contributed by atoms with Crippen molar-refractivity contribution < 1.29 is 22.7 Å². The second-order valence-corrected chi connectivity index (χ2v) is 9.87. The average molecular weight is 483 g/mol. The first-order chi connectivity index (χ1) is 16.2. The minimum absolute atomic E-state index is 0.117. The minimum Gasteiger partial charge on any atom is -0.497 e. The highest BCUT2D eigenvalue weighted by Crippen LogP contribution is 2.30. The molecule has 3 aromatic carbocycles. The van der Waals surface area contributed by atoms with Crippen LogP contribution in [0.3, 0.4) is 0 Å². The summed E-state index contributed by atoms with van der Waals surface area (Å²) in [6.07, 6.45) is 0. The minimum atomic E-state index is -3.98. The van der Waals surface area contributed by atoms with Crippen LogP contribution in [0, 0.1) is 13.8 Å². The van der Waals surface area contributed by atoms with Gasteiger partial charge in [0.1, 0.15) is 18.0 Å². The Morgan fingerprint density at radius 1 is 0.971 bits per heavy atom. The van der Waals surface area contributed by atoms with Crippen molar-refractivity contribution in [3.05, 3.63) is 83.4 Å². The number of nitrogens with zero attached hydrogens (tertiary/aromatic N) is 1. The maximum atomic E-state index is 13.6. The number of anilines is 1. The second-order valence-electron chi connectivity index (χ2n) is 8.01. The van der Waals surface area contributed by atoms with Crippen LogP contribution in [0.1, 0.15) is 29.7 Å². The number of hydrogen-bond acceptors (Lipinski definition) is 5. The summed E-state index contributed by atoms with van der Waals surface area (Å²) in [4.78, 5) is 13.3. The fourth-order valence-electron chi connectivity index (χ4n) is 3.68. The van der Waals surface area contributed by atoms with E-state index >= 15 is 0 Å². The first kappa shape index (κ1) is 25.1. The Labute approximate surface area is 201 Å². The predicted octanol–water partition coefficient (Wildman–Crippen LogP) is 4.39. The molecular weight excluding hydrogens is 452 g/mol. The molecule has 1 atom stereocenters. The molecule has 1 N–H and O–H groups in total. The van der Waals surface area contributed by atoms with Gasteiger partial charge >= 0.3 is 0 Å². The molecule has 0 fully saturated rings. The number of methoxy groups -OCH3 is 2. The molecule has 0 aliphatic heterocycles. The highest BCUT2D eigenvalue weighted by atomic mass is 32.2. The van der Waals surface area contributed by atoms with Crippen LogP contribution in [0.15, 0.2) is 71.6 Å². The van der Waals surface area contributed by atoms with Gasteiger partial charge < -0.3 is 14.8 Å². The number of aryl methyl sites for hydroxylation is 2. The average Bonchev–Trinajstić information content (AvgIpc) is 2.84. The monoisotopic (exact) mass is 482 g/mol. The van der Waals surface area contributed by atoms with Crippen LogP contribution in [0.5, 0.6) is 11.5 Å². The summed E-state index contributed by atoms with van der Waals surface area (Å²) in [7, 11) is -0.874. The van der Waals surface area contributed by atoms with Crippen molar-refractivity contribution in [2.45, 2.75) is 31.7 Å². The van der Waals surface area contributed by atoms with Crippen LogP contribution in [-0.2, 0) is 14.8 Å². The molecule has 34 heavy (non-hydrogen) atoms. The Morgan fingerprint density at radius 3 is 2.32 bits per heavy atom. The van der Waals surface area contributed by atoms with Crippen LogP contribution in [0.4, 0.5) is 5.69 Å². The number of benzene rings is 3. The van der Waals surface area contributed by atoms with E-state index in [1.165, 1.54) is 12.1 Å². The highest BCUT2D eigenvalue weighted by Gasteiger charge is 2.29. The van der Waals surface area contributed by atoms with Crippen molar-refractivity contribution in [1.29, 1.82) is 0 Å².